The van der Waals surface area contributed by atoms with Gasteiger partial charge < -0.3 is 15.7 Å². The van der Waals surface area contributed by atoms with Crippen LogP contribution in [0.25, 0.3) is 11.0 Å². The van der Waals surface area contributed by atoms with Crippen molar-refractivity contribution in [2.75, 3.05) is 5.32 Å². The topological polar surface area (TPSA) is 121 Å². The summed E-state index contributed by atoms with van der Waals surface area (Å²) in [5.74, 6) is -2.13. The summed E-state index contributed by atoms with van der Waals surface area (Å²) < 4.78 is 0. The van der Waals surface area contributed by atoms with E-state index in [1.165, 1.54) is 19.2 Å². The summed E-state index contributed by atoms with van der Waals surface area (Å²) in [5.41, 5.74) is 2.27. The number of nitrogens with one attached hydrogen (secondary N) is 2. The number of carbonyl (C=O) groups is 3. The van der Waals surface area contributed by atoms with Crippen LogP contribution in [0.5, 0.6) is 0 Å². The number of fused-ring (bicyclic) bond motifs is 1. The first-order valence-electron chi connectivity index (χ1n) is 8.55. The van der Waals surface area contributed by atoms with Crippen molar-refractivity contribution in [2.45, 2.75) is 19.4 Å². The first-order chi connectivity index (χ1) is 13.4. The number of rotatable bonds is 6. The lowest BCUT2D eigenvalue weighted by atomic mass is 10.1. The van der Waals surface area contributed by atoms with E-state index in [2.05, 4.69) is 20.6 Å². The number of hydrogen-bond acceptors (Lipinski definition) is 5. The minimum Gasteiger partial charge on any atom is -0.480 e. The molecule has 28 heavy (non-hydrogen) atoms. The Morgan fingerprint density at radius 3 is 2.43 bits per heavy atom. The molecule has 0 aliphatic heterocycles. The summed E-state index contributed by atoms with van der Waals surface area (Å²) in [6.07, 6.45) is 1.47. The van der Waals surface area contributed by atoms with Crippen molar-refractivity contribution in [1.29, 1.82) is 0 Å². The number of aromatic nitrogens is 2. The van der Waals surface area contributed by atoms with Crippen LogP contribution in [0.1, 0.15) is 23.0 Å². The maximum Gasteiger partial charge on any atom is 0.326 e. The van der Waals surface area contributed by atoms with E-state index in [1.807, 2.05) is 18.2 Å². The van der Waals surface area contributed by atoms with Crippen LogP contribution in [-0.4, -0.2) is 38.9 Å². The molecule has 2 aromatic carbocycles. The lowest BCUT2D eigenvalue weighted by Crippen LogP contribution is -2.42. The first kappa shape index (κ1) is 19.0. The Kier molecular flexibility index (Phi) is 5.59. The number of carboxylic acid groups (broad SMARTS) is 1. The standard InChI is InChI=1S/C20H18N4O4/c1-12(25)22-15-7-3-2-6-14(15)19(26)24-18(20(27)28)10-13-11-21-16-8-4-5-9-17(16)23-13/h2-9,11,18H,10H2,1H3,(H,22,25)(H,24,26)(H,27,28)/t18-/m1/s1. The van der Waals surface area contributed by atoms with Crippen LogP contribution in [0.3, 0.4) is 0 Å². The molecular formula is C20H18N4O4. The second kappa shape index (κ2) is 8.26. The Hall–Kier alpha value is -3.81. The highest BCUT2D eigenvalue weighted by Gasteiger charge is 2.23. The van der Waals surface area contributed by atoms with E-state index in [4.69, 9.17) is 0 Å². The predicted molar refractivity (Wildman–Crippen MR) is 103 cm³/mol. The lowest BCUT2D eigenvalue weighted by Gasteiger charge is -2.16. The number of carbonyl (C=O) groups excluding carboxylic acids is 2. The SMILES string of the molecule is CC(=O)Nc1ccccc1C(=O)N[C@H](Cc1cnc2ccccc2n1)C(=O)O. The number of para-hydroxylation sites is 3. The molecule has 3 N–H and O–H groups in total. The van der Waals surface area contributed by atoms with Crippen molar-refractivity contribution in [3.63, 3.8) is 0 Å². The van der Waals surface area contributed by atoms with Crippen molar-refractivity contribution in [3.8, 4) is 0 Å². The van der Waals surface area contributed by atoms with Crippen LogP contribution in [0.15, 0.2) is 54.7 Å². The molecular weight excluding hydrogens is 360 g/mol. The maximum absolute atomic E-state index is 12.6. The van der Waals surface area contributed by atoms with E-state index in [9.17, 15) is 19.5 Å². The summed E-state index contributed by atoms with van der Waals surface area (Å²) in [6, 6.07) is 12.4. The van der Waals surface area contributed by atoms with E-state index in [0.717, 1.165) is 0 Å². The largest absolute Gasteiger partial charge is 0.480 e. The van der Waals surface area contributed by atoms with Gasteiger partial charge in [0.15, 0.2) is 0 Å². The van der Waals surface area contributed by atoms with Gasteiger partial charge in [-0.15, -0.1) is 0 Å². The highest BCUT2D eigenvalue weighted by molar-refractivity contribution is 6.04. The molecule has 0 saturated carbocycles. The second-order valence-electron chi connectivity index (χ2n) is 6.15. The zero-order valence-corrected chi connectivity index (χ0v) is 15.0. The van der Waals surface area contributed by atoms with Gasteiger partial charge in [0, 0.05) is 19.5 Å². The van der Waals surface area contributed by atoms with Crippen molar-refractivity contribution in [3.05, 3.63) is 66.0 Å². The van der Waals surface area contributed by atoms with Crippen LogP contribution >= 0.6 is 0 Å². The molecule has 0 fully saturated rings. The zero-order chi connectivity index (χ0) is 20.1. The van der Waals surface area contributed by atoms with Gasteiger partial charge in [-0.1, -0.05) is 24.3 Å². The minimum absolute atomic E-state index is 0.0266. The fraction of sp³-hybridized carbons (Fsp3) is 0.150. The Balaban J connectivity index is 1.80. The summed E-state index contributed by atoms with van der Waals surface area (Å²) >= 11 is 0. The van der Waals surface area contributed by atoms with Gasteiger partial charge >= 0.3 is 5.97 Å². The van der Waals surface area contributed by atoms with Crippen LogP contribution in [0.4, 0.5) is 5.69 Å². The van der Waals surface area contributed by atoms with E-state index in [1.54, 1.807) is 24.3 Å². The third-order valence-electron chi connectivity index (χ3n) is 4.00. The summed E-state index contributed by atoms with van der Waals surface area (Å²) in [5, 5.41) is 14.6. The van der Waals surface area contributed by atoms with Gasteiger partial charge in [0.05, 0.1) is 28.0 Å². The normalized spacial score (nSPS) is 11.6. The highest BCUT2D eigenvalue weighted by atomic mass is 16.4. The number of hydrogen-bond donors (Lipinski definition) is 3. The molecule has 0 aliphatic rings. The second-order valence-corrected chi connectivity index (χ2v) is 6.15. The summed E-state index contributed by atoms with van der Waals surface area (Å²) in [7, 11) is 0. The van der Waals surface area contributed by atoms with Gasteiger partial charge in [-0.05, 0) is 24.3 Å². The Morgan fingerprint density at radius 2 is 1.71 bits per heavy atom. The Labute approximate surface area is 160 Å². The Morgan fingerprint density at radius 1 is 1.04 bits per heavy atom. The number of anilines is 1. The lowest BCUT2D eigenvalue weighted by molar-refractivity contribution is -0.139. The Bertz CT molecular complexity index is 1050. The fourth-order valence-corrected chi connectivity index (χ4v) is 2.72. The van der Waals surface area contributed by atoms with Crippen LogP contribution < -0.4 is 10.6 Å². The van der Waals surface area contributed by atoms with Crippen molar-refractivity contribution >= 4 is 34.5 Å². The molecule has 3 rings (SSSR count). The molecule has 1 heterocycles. The number of nitrogens with zero attached hydrogens (tertiary/aromatic N) is 2. The molecule has 0 aliphatic carbocycles. The molecule has 0 spiro atoms. The number of aliphatic carboxylic acids is 1. The predicted octanol–water partition coefficient (Wildman–Crippen LogP) is 2.01. The van der Waals surface area contributed by atoms with Crippen molar-refractivity contribution in [2.24, 2.45) is 0 Å². The van der Waals surface area contributed by atoms with Gasteiger partial charge in [0.25, 0.3) is 5.91 Å². The van der Waals surface area contributed by atoms with Gasteiger partial charge in [-0.3, -0.25) is 14.6 Å². The molecule has 2 amide bonds. The van der Waals surface area contributed by atoms with Gasteiger partial charge in [0.1, 0.15) is 6.04 Å². The van der Waals surface area contributed by atoms with Gasteiger partial charge in [-0.2, -0.15) is 0 Å². The molecule has 8 heteroatoms. The van der Waals surface area contributed by atoms with Crippen molar-refractivity contribution in [1.82, 2.24) is 15.3 Å². The molecule has 142 valence electrons. The third-order valence-corrected chi connectivity index (χ3v) is 4.00. The number of amides is 2. The molecule has 0 radical (unpaired) electrons. The zero-order valence-electron chi connectivity index (χ0n) is 15.0. The van der Waals surface area contributed by atoms with E-state index in [0.29, 0.717) is 22.4 Å². The smallest absolute Gasteiger partial charge is 0.326 e. The van der Waals surface area contributed by atoms with E-state index < -0.39 is 17.9 Å². The van der Waals surface area contributed by atoms with Gasteiger partial charge in [0.2, 0.25) is 5.91 Å². The molecule has 0 bridgehead atoms. The molecule has 1 aromatic heterocycles. The van der Waals surface area contributed by atoms with E-state index in [-0.39, 0.29) is 17.9 Å². The fourth-order valence-electron chi connectivity index (χ4n) is 2.72. The molecule has 8 nitrogen and oxygen atoms in total. The molecule has 1 atom stereocenters. The summed E-state index contributed by atoms with van der Waals surface area (Å²) in [6.45, 7) is 1.33. The average Bonchev–Trinajstić information content (AvgIpc) is 2.67. The van der Waals surface area contributed by atoms with Crippen LogP contribution in [0.2, 0.25) is 0 Å². The number of carboxylic acids is 1. The average molecular weight is 378 g/mol. The highest BCUT2D eigenvalue weighted by Crippen LogP contribution is 2.16. The third kappa shape index (κ3) is 4.47. The van der Waals surface area contributed by atoms with Gasteiger partial charge in [-0.25, -0.2) is 9.78 Å². The maximum atomic E-state index is 12.6. The monoisotopic (exact) mass is 378 g/mol. The quantitative estimate of drug-likeness (QED) is 0.603. The molecule has 0 unspecified atom stereocenters. The first-order valence-corrected chi connectivity index (χ1v) is 8.55. The number of benzene rings is 2. The van der Waals surface area contributed by atoms with Crippen molar-refractivity contribution < 1.29 is 19.5 Å². The van der Waals surface area contributed by atoms with E-state index >= 15 is 0 Å². The van der Waals surface area contributed by atoms with Crippen LogP contribution in [0, 0.1) is 0 Å². The molecule has 0 saturated heterocycles. The minimum atomic E-state index is -1.20. The van der Waals surface area contributed by atoms with Crippen LogP contribution in [-0.2, 0) is 16.0 Å². The summed E-state index contributed by atoms with van der Waals surface area (Å²) in [4.78, 5) is 44.2. The molecule has 3 aromatic rings.